The van der Waals surface area contributed by atoms with Gasteiger partial charge in [0, 0.05) is 24.4 Å². The van der Waals surface area contributed by atoms with Crippen LogP contribution in [0.2, 0.25) is 0 Å². The molecule has 1 heterocycles. The zero-order valence-corrected chi connectivity index (χ0v) is 10.8. The van der Waals surface area contributed by atoms with Crippen LogP contribution in [-0.4, -0.2) is 43.4 Å². The SMILES string of the molecule is CSCc1ccc(C(=O)N2CCOCC2)cc1. The fourth-order valence-corrected chi connectivity index (χ4v) is 2.39. The van der Waals surface area contributed by atoms with Crippen LogP contribution in [0.1, 0.15) is 15.9 Å². The Morgan fingerprint density at radius 2 is 1.94 bits per heavy atom. The number of benzene rings is 1. The number of ether oxygens (including phenoxy) is 1. The number of rotatable bonds is 3. The highest BCUT2D eigenvalue weighted by molar-refractivity contribution is 7.97. The maximum absolute atomic E-state index is 12.1. The van der Waals surface area contributed by atoms with Crippen molar-refractivity contribution in [3.63, 3.8) is 0 Å². The van der Waals surface area contributed by atoms with E-state index in [0.717, 1.165) is 11.3 Å². The topological polar surface area (TPSA) is 29.5 Å². The first-order valence-corrected chi connectivity index (χ1v) is 7.15. The van der Waals surface area contributed by atoms with Crippen molar-refractivity contribution in [1.82, 2.24) is 4.90 Å². The highest BCUT2D eigenvalue weighted by Gasteiger charge is 2.17. The van der Waals surface area contributed by atoms with Crippen molar-refractivity contribution in [2.24, 2.45) is 0 Å². The molecule has 0 unspecified atom stereocenters. The van der Waals surface area contributed by atoms with Crippen LogP contribution in [0.25, 0.3) is 0 Å². The smallest absolute Gasteiger partial charge is 0.254 e. The van der Waals surface area contributed by atoms with Gasteiger partial charge in [-0.25, -0.2) is 0 Å². The van der Waals surface area contributed by atoms with Gasteiger partial charge < -0.3 is 9.64 Å². The molecule has 0 aliphatic carbocycles. The third kappa shape index (κ3) is 3.23. The van der Waals surface area contributed by atoms with Crippen LogP contribution in [0.3, 0.4) is 0 Å². The quantitative estimate of drug-likeness (QED) is 0.823. The van der Waals surface area contributed by atoms with Gasteiger partial charge in [-0.05, 0) is 24.0 Å². The van der Waals surface area contributed by atoms with E-state index >= 15 is 0 Å². The van der Waals surface area contributed by atoms with E-state index in [9.17, 15) is 4.79 Å². The van der Waals surface area contributed by atoms with Gasteiger partial charge in [0.1, 0.15) is 0 Å². The average Bonchev–Trinajstić information content (AvgIpc) is 2.40. The van der Waals surface area contributed by atoms with Crippen molar-refractivity contribution in [3.05, 3.63) is 35.4 Å². The van der Waals surface area contributed by atoms with E-state index in [4.69, 9.17) is 4.74 Å². The molecular formula is C13H17NO2S. The van der Waals surface area contributed by atoms with Gasteiger partial charge in [-0.2, -0.15) is 11.8 Å². The molecule has 1 aromatic rings. The number of morpholine rings is 1. The molecule has 1 saturated heterocycles. The van der Waals surface area contributed by atoms with Crippen molar-refractivity contribution in [2.45, 2.75) is 5.75 Å². The Labute approximate surface area is 106 Å². The van der Waals surface area contributed by atoms with Gasteiger partial charge in [0.25, 0.3) is 5.91 Å². The molecule has 1 aliphatic heterocycles. The van der Waals surface area contributed by atoms with Crippen LogP contribution in [0.4, 0.5) is 0 Å². The monoisotopic (exact) mass is 251 g/mol. The molecule has 1 aliphatic rings. The first-order chi connectivity index (χ1) is 8.31. The third-order valence-electron chi connectivity index (χ3n) is 2.81. The molecule has 4 heteroatoms. The molecule has 92 valence electrons. The molecular weight excluding hydrogens is 234 g/mol. The maximum atomic E-state index is 12.1. The third-order valence-corrected chi connectivity index (χ3v) is 3.43. The fourth-order valence-electron chi connectivity index (χ4n) is 1.86. The van der Waals surface area contributed by atoms with Crippen molar-refractivity contribution in [3.8, 4) is 0 Å². The summed E-state index contributed by atoms with van der Waals surface area (Å²) in [5.74, 6) is 1.11. The highest BCUT2D eigenvalue weighted by atomic mass is 32.2. The Morgan fingerprint density at radius 1 is 1.29 bits per heavy atom. The van der Waals surface area contributed by atoms with Gasteiger partial charge in [0.15, 0.2) is 0 Å². The minimum absolute atomic E-state index is 0.115. The molecule has 0 aromatic heterocycles. The summed E-state index contributed by atoms with van der Waals surface area (Å²) in [6.45, 7) is 2.70. The molecule has 1 fully saturated rings. The van der Waals surface area contributed by atoms with Crippen molar-refractivity contribution < 1.29 is 9.53 Å². The van der Waals surface area contributed by atoms with E-state index < -0.39 is 0 Å². The zero-order valence-electron chi connectivity index (χ0n) is 10.0. The summed E-state index contributed by atoms with van der Waals surface area (Å²) in [4.78, 5) is 14.0. The van der Waals surface area contributed by atoms with E-state index in [1.165, 1.54) is 5.56 Å². The van der Waals surface area contributed by atoms with E-state index in [1.54, 1.807) is 11.8 Å². The number of hydrogen-bond acceptors (Lipinski definition) is 3. The summed E-state index contributed by atoms with van der Waals surface area (Å²) in [6.07, 6.45) is 2.08. The molecule has 3 nitrogen and oxygen atoms in total. The second-order valence-electron chi connectivity index (χ2n) is 4.03. The molecule has 0 saturated carbocycles. The van der Waals surface area contributed by atoms with Gasteiger partial charge >= 0.3 is 0 Å². The van der Waals surface area contributed by atoms with Crippen LogP contribution in [0, 0.1) is 0 Å². The lowest BCUT2D eigenvalue weighted by Gasteiger charge is -2.26. The van der Waals surface area contributed by atoms with Crippen LogP contribution < -0.4 is 0 Å². The highest BCUT2D eigenvalue weighted by Crippen LogP contribution is 2.12. The minimum atomic E-state index is 0.115. The number of carbonyl (C=O) groups is 1. The summed E-state index contributed by atoms with van der Waals surface area (Å²) in [5, 5.41) is 0. The number of thioether (sulfide) groups is 1. The van der Waals surface area contributed by atoms with Crippen molar-refractivity contribution in [1.29, 1.82) is 0 Å². The van der Waals surface area contributed by atoms with Gasteiger partial charge in [0.2, 0.25) is 0 Å². The molecule has 0 radical (unpaired) electrons. The van der Waals surface area contributed by atoms with E-state index in [2.05, 4.69) is 6.26 Å². The fraction of sp³-hybridized carbons (Fsp3) is 0.462. The zero-order chi connectivity index (χ0) is 12.1. The molecule has 2 rings (SSSR count). The number of nitrogens with zero attached hydrogens (tertiary/aromatic N) is 1. The lowest BCUT2D eigenvalue weighted by molar-refractivity contribution is 0.0303. The Kier molecular flexibility index (Phi) is 4.45. The van der Waals surface area contributed by atoms with Gasteiger partial charge in [0.05, 0.1) is 13.2 Å². The second kappa shape index (κ2) is 6.07. The van der Waals surface area contributed by atoms with Crippen LogP contribution >= 0.6 is 11.8 Å². The Morgan fingerprint density at radius 3 is 2.53 bits per heavy atom. The van der Waals surface area contributed by atoms with E-state index in [1.807, 2.05) is 29.2 Å². The van der Waals surface area contributed by atoms with Crippen LogP contribution in [0.15, 0.2) is 24.3 Å². The van der Waals surface area contributed by atoms with Gasteiger partial charge in [-0.3, -0.25) is 4.79 Å². The van der Waals surface area contributed by atoms with E-state index in [0.29, 0.717) is 26.3 Å². The van der Waals surface area contributed by atoms with E-state index in [-0.39, 0.29) is 5.91 Å². The molecule has 0 bridgehead atoms. The first-order valence-electron chi connectivity index (χ1n) is 5.76. The molecule has 1 amide bonds. The molecule has 1 aromatic carbocycles. The summed E-state index contributed by atoms with van der Waals surface area (Å²) >= 11 is 1.79. The van der Waals surface area contributed by atoms with Crippen molar-refractivity contribution >= 4 is 17.7 Å². The lowest BCUT2D eigenvalue weighted by Crippen LogP contribution is -2.40. The summed E-state index contributed by atoms with van der Waals surface area (Å²) < 4.78 is 5.24. The second-order valence-corrected chi connectivity index (χ2v) is 4.90. The molecule has 0 atom stereocenters. The predicted molar refractivity (Wildman–Crippen MR) is 70.4 cm³/mol. The molecule has 0 spiro atoms. The standard InChI is InChI=1S/C13H17NO2S/c1-17-10-11-2-4-12(5-3-11)13(15)14-6-8-16-9-7-14/h2-5H,6-10H2,1H3. The largest absolute Gasteiger partial charge is 0.378 e. The number of carbonyl (C=O) groups excluding carboxylic acids is 1. The Balaban J connectivity index is 2.03. The first kappa shape index (κ1) is 12.5. The summed E-state index contributed by atoms with van der Waals surface area (Å²) in [7, 11) is 0. The summed E-state index contributed by atoms with van der Waals surface area (Å²) in [6, 6.07) is 7.90. The normalized spacial score (nSPS) is 15.9. The van der Waals surface area contributed by atoms with Crippen molar-refractivity contribution in [2.75, 3.05) is 32.6 Å². The summed E-state index contributed by atoms with van der Waals surface area (Å²) in [5.41, 5.74) is 2.03. The molecule has 17 heavy (non-hydrogen) atoms. The Hall–Kier alpha value is -1.00. The maximum Gasteiger partial charge on any atom is 0.254 e. The predicted octanol–water partition coefficient (Wildman–Crippen LogP) is 2.02. The van der Waals surface area contributed by atoms with Crippen LogP contribution in [-0.2, 0) is 10.5 Å². The van der Waals surface area contributed by atoms with Gasteiger partial charge in [-0.1, -0.05) is 12.1 Å². The lowest BCUT2D eigenvalue weighted by atomic mass is 10.1. The van der Waals surface area contributed by atoms with Crippen LogP contribution in [0.5, 0.6) is 0 Å². The average molecular weight is 251 g/mol. The Bertz CT molecular complexity index is 372. The molecule has 0 N–H and O–H groups in total. The minimum Gasteiger partial charge on any atom is -0.378 e. The number of amides is 1. The number of hydrogen-bond donors (Lipinski definition) is 0. The van der Waals surface area contributed by atoms with Gasteiger partial charge in [-0.15, -0.1) is 0 Å².